The van der Waals surface area contributed by atoms with E-state index in [9.17, 15) is 0 Å². The topological polar surface area (TPSA) is 12.5 Å². The standard InChI is InChI=1S/C6H14NO.ClH/c1-7(2,3)4-6-5-8-6;/h6H,4-5H2,1-3H3;1H/q+1;/p-1/t6-;/m0./s1. The molecule has 9 heavy (non-hydrogen) atoms. The van der Waals surface area contributed by atoms with Gasteiger partial charge in [0.15, 0.2) is 0 Å². The van der Waals surface area contributed by atoms with Crippen LogP contribution < -0.4 is 12.4 Å². The molecule has 0 N–H and O–H groups in total. The van der Waals surface area contributed by atoms with E-state index in [1.165, 1.54) is 0 Å². The van der Waals surface area contributed by atoms with Crippen LogP contribution in [0.25, 0.3) is 0 Å². The van der Waals surface area contributed by atoms with E-state index in [4.69, 9.17) is 4.74 Å². The highest BCUT2D eigenvalue weighted by Crippen LogP contribution is 2.11. The minimum Gasteiger partial charge on any atom is -1.00 e. The van der Waals surface area contributed by atoms with Gasteiger partial charge in [-0.1, -0.05) is 0 Å². The van der Waals surface area contributed by atoms with Crippen LogP contribution in [0.2, 0.25) is 0 Å². The molecule has 3 heteroatoms. The second-order valence-electron chi connectivity index (χ2n) is 3.43. The van der Waals surface area contributed by atoms with Gasteiger partial charge in [-0.15, -0.1) is 0 Å². The molecule has 0 aromatic carbocycles. The quantitative estimate of drug-likeness (QED) is 0.305. The van der Waals surface area contributed by atoms with Crippen molar-refractivity contribution < 1.29 is 21.6 Å². The molecular weight excluding hydrogens is 138 g/mol. The van der Waals surface area contributed by atoms with Crippen LogP contribution in [0.5, 0.6) is 0 Å². The Bertz CT molecular complexity index is 85.5. The zero-order chi connectivity index (χ0) is 6.20. The molecule has 0 radical (unpaired) electrons. The predicted octanol–water partition coefficient (Wildman–Crippen LogP) is -2.90. The number of hydrogen-bond acceptors (Lipinski definition) is 1. The normalized spacial score (nSPS) is 25.0. The van der Waals surface area contributed by atoms with Crippen molar-refractivity contribution in [1.82, 2.24) is 0 Å². The lowest BCUT2D eigenvalue weighted by molar-refractivity contribution is -0.870. The Morgan fingerprint density at radius 3 is 2.00 bits per heavy atom. The molecule has 1 atom stereocenters. The third kappa shape index (κ3) is 4.70. The molecule has 1 fully saturated rings. The lowest BCUT2D eigenvalue weighted by atomic mass is 10.4. The number of rotatable bonds is 2. The van der Waals surface area contributed by atoms with E-state index < -0.39 is 0 Å². The molecule has 2 nitrogen and oxygen atoms in total. The monoisotopic (exact) mass is 151 g/mol. The van der Waals surface area contributed by atoms with E-state index in [2.05, 4.69) is 21.1 Å². The summed E-state index contributed by atoms with van der Waals surface area (Å²) >= 11 is 0. The van der Waals surface area contributed by atoms with E-state index in [1.807, 2.05) is 0 Å². The summed E-state index contributed by atoms with van der Waals surface area (Å²) < 4.78 is 6.09. The fraction of sp³-hybridized carbons (Fsp3) is 1.00. The summed E-state index contributed by atoms with van der Waals surface area (Å²) in [6.45, 7) is 2.13. The van der Waals surface area contributed by atoms with Crippen molar-refractivity contribution in [1.29, 1.82) is 0 Å². The van der Waals surface area contributed by atoms with Crippen molar-refractivity contribution in [2.24, 2.45) is 0 Å². The first kappa shape index (κ1) is 9.21. The maximum atomic E-state index is 5.07. The first-order valence-corrected chi connectivity index (χ1v) is 3.00. The van der Waals surface area contributed by atoms with Crippen LogP contribution in [0.15, 0.2) is 0 Å². The Labute approximate surface area is 62.8 Å². The van der Waals surface area contributed by atoms with Gasteiger partial charge in [0.25, 0.3) is 0 Å². The fourth-order valence-electron chi connectivity index (χ4n) is 0.784. The van der Waals surface area contributed by atoms with Crippen molar-refractivity contribution in [3.8, 4) is 0 Å². The van der Waals surface area contributed by atoms with Crippen LogP contribution in [0, 0.1) is 0 Å². The molecule has 1 heterocycles. The summed E-state index contributed by atoms with van der Waals surface area (Å²) in [6.07, 6.45) is 0.565. The second-order valence-corrected chi connectivity index (χ2v) is 3.43. The van der Waals surface area contributed by atoms with Gasteiger partial charge in [-0.05, 0) is 0 Å². The highest BCUT2D eigenvalue weighted by Gasteiger charge is 2.28. The van der Waals surface area contributed by atoms with Gasteiger partial charge in [-0.25, -0.2) is 0 Å². The number of quaternary nitrogens is 1. The van der Waals surface area contributed by atoms with E-state index in [0.717, 1.165) is 17.6 Å². The van der Waals surface area contributed by atoms with Crippen molar-refractivity contribution in [2.75, 3.05) is 34.3 Å². The van der Waals surface area contributed by atoms with E-state index in [0.29, 0.717) is 6.10 Å². The van der Waals surface area contributed by atoms with E-state index in [-0.39, 0.29) is 12.4 Å². The molecule has 0 bridgehead atoms. The van der Waals surface area contributed by atoms with Gasteiger partial charge >= 0.3 is 0 Å². The lowest BCUT2D eigenvalue weighted by Crippen LogP contribution is -3.00. The van der Waals surface area contributed by atoms with Crippen LogP contribution in [0.3, 0.4) is 0 Å². The number of nitrogens with zero attached hydrogens (tertiary/aromatic N) is 1. The Morgan fingerprint density at radius 2 is 1.89 bits per heavy atom. The molecule has 0 aromatic rings. The maximum Gasteiger partial charge on any atom is 0.130 e. The van der Waals surface area contributed by atoms with Gasteiger partial charge < -0.3 is 21.6 Å². The summed E-state index contributed by atoms with van der Waals surface area (Å²) in [6, 6.07) is 0. The van der Waals surface area contributed by atoms with E-state index in [1.54, 1.807) is 0 Å². The van der Waals surface area contributed by atoms with Gasteiger partial charge in [0.05, 0.1) is 27.7 Å². The minimum absolute atomic E-state index is 0. The SMILES string of the molecule is C[N+](C)(C)C[C@H]1CO1.[Cl-]. The van der Waals surface area contributed by atoms with Gasteiger partial charge in [0, 0.05) is 0 Å². The number of likely N-dealkylation sites (N-methyl/N-ethyl adjacent to an activating group) is 1. The summed E-state index contributed by atoms with van der Waals surface area (Å²) in [5, 5.41) is 0. The molecule has 0 unspecified atom stereocenters. The van der Waals surface area contributed by atoms with Crippen LogP contribution >= 0.6 is 0 Å². The zero-order valence-electron chi connectivity index (χ0n) is 6.22. The first-order valence-electron chi connectivity index (χ1n) is 3.00. The smallest absolute Gasteiger partial charge is 0.130 e. The lowest BCUT2D eigenvalue weighted by Gasteiger charge is -2.22. The van der Waals surface area contributed by atoms with Crippen molar-refractivity contribution in [2.45, 2.75) is 6.10 Å². The molecule has 1 aliphatic heterocycles. The Kier molecular flexibility index (Phi) is 2.93. The summed E-state index contributed by atoms with van der Waals surface area (Å²) in [4.78, 5) is 0. The van der Waals surface area contributed by atoms with Gasteiger partial charge in [0.2, 0.25) is 0 Å². The minimum atomic E-state index is 0. The first-order chi connectivity index (χ1) is 3.58. The number of halogens is 1. The predicted molar refractivity (Wildman–Crippen MR) is 32.6 cm³/mol. The molecule has 56 valence electrons. The molecule has 0 amide bonds. The number of hydrogen-bond donors (Lipinski definition) is 0. The van der Waals surface area contributed by atoms with Gasteiger partial charge in [0.1, 0.15) is 12.6 Å². The molecule has 1 rings (SSSR count). The summed E-state index contributed by atoms with van der Waals surface area (Å²) in [5.41, 5.74) is 0. The second kappa shape index (κ2) is 2.86. The highest BCUT2D eigenvalue weighted by molar-refractivity contribution is 4.66. The van der Waals surface area contributed by atoms with E-state index >= 15 is 0 Å². The van der Waals surface area contributed by atoms with Crippen LogP contribution in [0.4, 0.5) is 0 Å². The molecule has 0 aromatic heterocycles. The largest absolute Gasteiger partial charge is 1.00 e. The summed E-state index contributed by atoms with van der Waals surface area (Å²) in [5.74, 6) is 0. The number of epoxide rings is 1. The van der Waals surface area contributed by atoms with Crippen molar-refractivity contribution in [3.05, 3.63) is 0 Å². The van der Waals surface area contributed by atoms with Crippen LogP contribution in [-0.4, -0.2) is 44.9 Å². The molecule has 1 aliphatic rings. The molecule has 1 saturated heterocycles. The van der Waals surface area contributed by atoms with Crippen LogP contribution in [-0.2, 0) is 4.74 Å². The highest BCUT2D eigenvalue weighted by atomic mass is 35.5. The zero-order valence-corrected chi connectivity index (χ0v) is 6.98. The Balaban J connectivity index is 0.000000640. The Morgan fingerprint density at radius 1 is 1.44 bits per heavy atom. The molecule has 0 spiro atoms. The fourth-order valence-corrected chi connectivity index (χ4v) is 0.784. The van der Waals surface area contributed by atoms with Gasteiger partial charge in [-0.2, -0.15) is 0 Å². The van der Waals surface area contributed by atoms with Crippen LogP contribution in [0.1, 0.15) is 0 Å². The maximum absolute atomic E-state index is 5.07. The Hall–Kier alpha value is 0.210. The average Bonchev–Trinajstić information content (AvgIpc) is 2.12. The van der Waals surface area contributed by atoms with Crippen molar-refractivity contribution in [3.63, 3.8) is 0 Å². The molecule has 0 saturated carbocycles. The molecule has 0 aliphatic carbocycles. The van der Waals surface area contributed by atoms with Gasteiger partial charge in [-0.3, -0.25) is 0 Å². The van der Waals surface area contributed by atoms with Crippen molar-refractivity contribution >= 4 is 0 Å². The number of ether oxygens (including phenoxy) is 1. The molecular formula is C6H14ClNO. The third-order valence-corrected chi connectivity index (χ3v) is 1.15. The summed E-state index contributed by atoms with van der Waals surface area (Å²) in [7, 11) is 6.55. The third-order valence-electron chi connectivity index (χ3n) is 1.15. The average molecular weight is 152 g/mol.